The smallest absolute Gasteiger partial charge is 0.223 e. The molecule has 100 valence electrons. The van der Waals surface area contributed by atoms with Crippen molar-refractivity contribution in [2.24, 2.45) is 0 Å². The molecule has 18 heavy (non-hydrogen) atoms. The Morgan fingerprint density at radius 2 is 1.94 bits per heavy atom. The predicted molar refractivity (Wildman–Crippen MR) is 75.6 cm³/mol. The number of carbonyl (C=O) groups excluding carboxylic acids is 1. The normalized spacial score (nSPS) is 10.3. The third-order valence-electron chi connectivity index (χ3n) is 3.01. The maximum atomic E-state index is 12.0. The Kier molecular flexibility index (Phi) is 7.11. The zero-order valence-electron chi connectivity index (χ0n) is 11.5. The number of rotatable bonds is 8. The second-order valence-electron chi connectivity index (χ2n) is 4.31. The summed E-state index contributed by atoms with van der Waals surface area (Å²) < 4.78 is 0. The second-order valence-corrected chi connectivity index (χ2v) is 4.31. The molecule has 1 N–H and O–H groups in total. The van der Waals surface area contributed by atoms with Gasteiger partial charge in [0.2, 0.25) is 5.91 Å². The Morgan fingerprint density at radius 1 is 1.22 bits per heavy atom. The van der Waals surface area contributed by atoms with E-state index in [9.17, 15) is 4.79 Å². The van der Waals surface area contributed by atoms with Crippen molar-refractivity contribution in [3.8, 4) is 0 Å². The van der Waals surface area contributed by atoms with Gasteiger partial charge >= 0.3 is 0 Å². The number of hydrogen-bond acceptors (Lipinski definition) is 2. The molecule has 1 rings (SSSR count). The number of likely N-dealkylation sites (N-methyl/N-ethyl adjacent to an activating group) is 1. The van der Waals surface area contributed by atoms with Crippen LogP contribution in [0.3, 0.4) is 0 Å². The van der Waals surface area contributed by atoms with E-state index >= 15 is 0 Å². The van der Waals surface area contributed by atoms with Gasteiger partial charge in [-0.1, -0.05) is 37.3 Å². The number of carbonyl (C=O) groups is 1. The minimum absolute atomic E-state index is 0.245. The van der Waals surface area contributed by atoms with Crippen LogP contribution in [-0.4, -0.2) is 37.0 Å². The Balaban J connectivity index is 2.35. The monoisotopic (exact) mass is 248 g/mol. The van der Waals surface area contributed by atoms with E-state index in [0.29, 0.717) is 6.42 Å². The van der Waals surface area contributed by atoms with E-state index in [0.717, 1.165) is 32.6 Å². The summed E-state index contributed by atoms with van der Waals surface area (Å²) in [5.41, 5.74) is 1.29. The van der Waals surface area contributed by atoms with Crippen LogP contribution in [-0.2, 0) is 11.2 Å². The first-order valence-electron chi connectivity index (χ1n) is 6.80. The van der Waals surface area contributed by atoms with Crippen molar-refractivity contribution in [1.82, 2.24) is 10.2 Å². The Hall–Kier alpha value is -1.35. The van der Waals surface area contributed by atoms with Crippen LogP contribution < -0.4 is 5.32 Å². The standard InChI is InChI=1S/C15H24N2O/c1-3-16-12-10-15(18)17(4-2)13-11-14-8-6-5-7-9-14/h5-9,16H,3-4,10-13H2,1-2H3. The van der Waals surface area contributed by atoms with E-state index in [-0.39, 0.29) is 5.91 Å². The van der Waals surface area contributed by atoms with Gasteiger partial charge in [-0.25, -0.2) is 0 Å². The summed E-state index contributed by atoms with van der Waals surface area (Å²) in [6.45, 7) is 7.39. The van der Waals surface area contributed by atoms with Crippen molar-refractivity contribution in [3.05, 3.63) is 35.9 Å². The average molecular weight is 248 g/mol. The van der Waals surface area contributed by atoms with Crippen molar-refractivity contribution in [2.45, 2.75) is 26.7 Å². The number of hydrogen-bond donors (Lipinski definition) is 1. The lowest BCUT2D eigenvalue weighted by molar-refractivity contribution is -0.130. The average Bonchev–Trinajstić information content (AvgIpc) is 2.41. The zero-order chi connectivity index (χ0) is 13.2. The maximum Gasteiger partial charge on any atom is 0.223 e. The van der Waals surface area contributed by atoms with Gasteiger partial charge in [0.15, 0.2) is 0 Å². The topological polar surface area (TPSA) is 32.3 Å². The first kappa shape index (κ1) is 14.7. The fraction of sp³-hybridized carbons (Fsp3) is 0.533. The molecule has 0 fully saturated rings. The van der Waals surface area contributed by atoms with Crippen LogP contribution in [0.4, 0.5) is 0 Å². The third-order valence-corrected chi connectivity index (χ3v) is 3.01. The van der Waals surface area contributed by atoms with Crippen LogP contribution in [0.5, 0.6) is 0 Å². The predicted octanol–water partition coefficient (Wildman–Crippen LogP) is 2.08. The molecule has 0 atom stereocenters. The summed E-state index contributed by atoms with van der Waals surface area (Å²) in [7, 11) is 0. The van der Waals surface area contributed by atoms with Crippen molar-refractivity contribution in [3.63, 3.8) is 0 Å². The van der Waals surface area contributed by atoms with E-state index in [1.165, 1.54) is 5.56 Å². The second kappa shape index (κ2) is 8.70. The minimum Gasteiger partial charge on any atom is -0.343 e. The molecule has 0 aliphatic carbocycles. The van der Waals surface area contributed by atoms with Crippen LogP contribution in [0.1, 0.15) is 25.8 Å². The zero-order valence-corrected chi connectivity index (χ0v) is 11.5. The molecule has 0 aliphatic rings. The van der Waals surface area contributed by atoms with Gasteiger partial charge in [0.25, 0.3) is 0 Å². The van der Waals surface area contributed by atoms with Crippen molar-refractivity contribution in [2.75, 3.05) is 26.2 Å². The highest BCUT2D eigenvalue weighted by atomic mass is 16.2. The maximum absolute atomic E-state index is 12.0. The number of benzene rings is 1. The molecule has 0 radical (unpaired) electrons. The fourth-order valence-corrected chi connectivity index (χ4v) is 1.90. The summed E-state index contributed by atoms with van der Waals surface area (Å²) in [5.74, 6) is 0.245. The lowest BCUT2D eigenvalue weighted by atomic mass is 10.1. The number of amides is 1. The Morgan fingerprint density at radius 3 is 2.56 bits per heavy atom. The minimum atomic E-state index is 0.245. The summed E-state index contributed by atoms with van der Waals surface area (Å²) in [4.78, 5) is 13.9. The van der Waals surface area contributed by atoms with Gasteiger partial charge in [-0.3, -0.25) is 4.79 Å². The van der Waals surface area contributed by atoms with Gasteiger partial charge in [0.05, 0.1) is 0 Å². The van der Waals surface area contributed by atoms with E-state index in [1.807, 2.05) is 30.0 Å². The molecule has 0 saturated carbocycles. The fourth-order valence-electron chi connectivity index (χ4n) is 1.90. The van der Waals surface area contributed by atoms with E-state index in [2.05, 4.69) is 24.4 Å². The van der Waals surface area contributed by atoms with Crippen molar-refractivity contribution >= 4 is 5.91 Å². The van der Waals surface area contributed by atoms with Gasteiger partial charge in [0, 0.05) is 26.1 Å². The molecule has 3 nitrogen and oxygen atoms in total. The molecule has 0 spiro atoms. The molecule has 0 aromatic heterocycles. The van der Waals surface area contributed by atoms with E-state index in [1.54, 1.807) is 0 Å². The largest absolute Gasteiger partial charge is 0.343 e. The Bertz CT molecular complexity index is 338. The van der Waals surface area contributed by atoms with Crippen LogP contribution in [0.15, 0.2) is 30.3 Å². The van der Waals surface area contributed by atoms with Crippen LogP contribution >= 0.6 is 0 Å². The van der Waals surface area contributed by atoms with E-state index in [4.69, 9.17) is 0 Å². The summed E-state index contributed by atoms with van der Waals surface area (Å²) >= 11 is 0. The third kappa shape index (κ3) is 5.32. The highest BCUT2D eigenvalue weighted by Gasteiger charge is 2.10. The Labute approximate surface area is 110 Å². The molecular formula is C15H24N2O. The lowest BCUT2D eigenvalue weighted by Gasteiger charge is -2.21. The molecule has 0 aliphatic heterocycles. The van der Waals surface area contributed by atoms with Crippen LogP contribution in [0, 0.1) is 0 Å². The quantitative estimate of drug-likeness (QED) is 0.714. The molecule has 1 amide bonds. The highest BCUT2D eigenvalue weighted by molar-refractivity contribution is 5.76. The van der Waals surface area contributed by atoms with E-state index < -0.39 is 0 Å². The molecule has 0 saturated heterocycles. The van der Waals surface area contributed by atoms with Crippen LogP contribution in [0.25, 0.3) is 0 Å². The molecule has 0 bridgehead atoms. The molecule has 1 aromatic rings. The van der Waals surface area contributed by atoms with Crippen molar-refractivity contribution in [1.29, 1.82) is 0 Å². The number of nitrogens with zero attached hydrogens (tertiary/aromatic N) is 1. The summed E-state index contributed by atoms with van der Waals surface area (Å²) in [5, 5.41) is 3.18. The molecule has 1 aromatic carbocycles. The SMILES string of the molecule is CCNCCC(=O)N(CC)CCc1ccccc1. The highest BCUT2D eigenvalue weighted by Crippen LogP contribution is 2.02. The van der Waals surface area contributed by atoms with Crippen molar-refractivity contribution < 1.29 is 4.79 Å². The van der Waals surface area contributed by atoms with Gasteiger partial charge in [-0.2, -0.15) is 0 Å². The lowest BCUT2D eigenvalue weighted by Crippen LogP contribution is -2.34. The summed E-state index contributed by atoms with van der Waals surface area (Å²) in [6.07, 6.45) is 1.53. The van der Waals surface area contributed by atoms with Gasteiger partial charge in [-0.15, -0.1) is 0 Å². The van der Waals surface area contributed by atoms with Crippen LogP contribution in [0.2, 0.25) is 0 Å². The molecule has 0 heterocycles. The van der Waals surface area contributed by atoms with Gasteiger partial charge in [0.1, 0.15) is 0 Å². The number of nitrogens with one attached hydrogen (secondary N) is 1. The van der Waals surface area contributed by atoms with Gasteiger partial charge in [-0.05, 0) is 25.5 Å². The first-order chi connectivity index (χ1) is 8.77. The molecule has 3 heteroatoms. The van der Waals surface area contributed by atoms with Gasteiger partial charge < -0.3 is 10.2 Å². The molecule has 0 unspecified atom stereocenters. The molecular weight excluding hydrogens is 224 g/mol. The summed E-state index contributed by atoms with van der Waals surface area (Å²) in [6, 6.07) is 10.3. The first-order valence-corrected chi connectivity index (χ1v) is 6.80.